The van der Waals surface area contributed by atoms with Crippen LogP contribution in [0, 0.1) is 5.92 Å². The van der Waals surface area contributed by atoms with Gasteiger partial charge in [-0.05, 0) is 47.1 Å². The molecule has 1 spiro atoms. The Labute approximate surface area is 159 Å². The largest absolute Gasteiger partial charge is 0.307 e. The van der Waals surface area contributed by atoms with Gasteiger partial charge in [0.15, 0.2) is 0 Å². The van der Waals surface area contributed by atoms with E-state index in [0.29, 0.717) is 24.3 Å². The van der Waals surface area contributed by atoms with Crippen LogP contribution in [-0.4, -0.2) is 5.91 Å². The summed E-state index contributed by atoms with van der Waals surface area (Å²) < 4.78 is 0. The van der Waals surface area contributed by atoms with Crippen LogP contribution in [0.5, 0.6) is 0 Å². The number of para-hydroxylation sites is 1. The Morgan fingerprint density at radius 1 is 0.889 bits per heavy atom. The van der Waals surface area contributed by atoms with Gasteiger partial charge in [0.25, 0.3) is 0 Å². The van der Waals surface area contributed by atoms with Crippen LogP contribution in [0.15, 0.2) is 78.9 Å². The van der Waals surface area contributed by atoms with E-state index >= 15 is 0 Å². The van der Waals surface area contributed by atoms with Gasteiger partial charge in [-0.1, -0.05) is 72.8 Å². The van der Waals surface area contributed by atoms with Crippen molar-refractivity contribution in [2.45, 2.75) is 30.7 Å². The van der Waals surface area contributed by atoms with Crippen LogP contribution in [0.25, 0.3) is 0 Å². The fourth-order valence-corrected chi connectivity index (χ4v) is 5.78. The molecule has 0 radical (unpaired) electrons. The molecule has 2 heteroatoms. The van der Waals surface area contributed by atoms with Crippen LogP contribution in [0.1, 0.15) is 34.6 Å². The first-order chi connectivity index (χ1) is 13.3. The van der Waals surface area contributed by atoms with Crippen LogP contribution in [0.4, 0.5) is 5.69 Å². The molecule has 0 unspecified atom stereocenters. The number of anilines is 1. The zero-order valence-corrected chi connectivity index (χ0v) is 15.1. The van der Waals surface area contributed by atoms with Gasteiger partial charge in [-0.15, -0.1) is 0 Å². The Bertz CT molecular complexity index is 1060. The van der Waals surface area contributed by atoms with Gasteiger partial charge in [0.1, 0.15) is 0 Å². The molecule has 1 saturated carbocycles. The fourth-order valence-electron chi connectivity index (χ4n) is 5.78. The topological polar surface area (TPSA) is 20.3 Å². The van der Waals surface area contributed by atoms with Crippen molar-refractivity contribution in [3.63, 3.8) is 0 Å². The summed E-state index contributed by atoms with van der Waals surface area (Å²) in [5, 5.41) is 0. The van der Waals surface area contributed by atoms with Crippen LogP contribution >= 0.6 is 0 Å². The minimum atomic E-state index is -0.335. The average molecular weight is 351 g/mol. The highest BCUT2D eigenvalue weighted by Gasteiger charge is 2.75. The van der Waals surface area contributed by atoms with Crippen molar-refractivity contribution in [2.24, 2.45) is 5.92 Å². The molecule has 3 aliphatic rings. The summed E-state index contributed by atoms with van der Waals surface area (Å²) in [4.78, 5) is 15.9. The molecule has 0 bridgehead atoms. The zero-order valence-electron chi connectivity index (χ0n) is 15.1. The molecule has 3 atom stereocenters. The van der Waals surface area contributed by atoms with Gasteiger partial charge in [-0.25, -0.2) is 0 Å². The molecular formula is C25H21NO. The standard InChI is InChI=1S/C25H21NO/c27-24-25(21-15-14-18-10-4-5-11-19(18)23(21)25)20-12-6-7-13-22(20)26(24)16-17-8-2-1-3-9-17/h1-13,21,23H,14-16H2/t21-,23+,25+/m0/s1. The molecule has 6 rings (SSSR count). The first-order valence-electron chi connectivity index (χ1n) is 9.85. The van der Waals surface area contributed by atoms with Crippen molar-refractivity contribution in [2.75, 3.05) is 4.90 Å². The van der Waals surface area contributed by atoms with E-state index in [0.717, 1.165) is 18.5 Å². The van der Waals surface area contributed by atoms with Gasteiger partial charge in [-0.3, -0.25) is 4.79 Å². The number of rotatable bonds is 2. The van der Waals surface area contributed by atoms with Crippen LogP contribution in [0.2, 0.25) is 0 Å². The minimum absolute atomic E-state index is 0.305. The highest BCUT2D eigenvalue weighted by Crippen LogP contribution is 2.73. The van der Waals surface area contributed by atoms with Crippen molar-refractivity contribution >= 4 is 11.6 Å². The lowest BCUT2D eigenvalue weighted by Gasteiger charge is -2.18. The number of carbonyl (C=O) groups excluding carboxylic acids is 1. The predicted molar refractivity (Wildman–Crippen MR) is 107 cm³/mol. The Kier molecular flexibility index (Phi) is 3.00. The Hall–Kier alpha value is -2.87. The van der Waals surface area contributed by atoms with E-state index in [1.165, 1.54) is 22.3 Å². The second-order valence-electron chi connectivity index (χ2n) is 8.08. The predicted octanol–water partition coefficient (Wildman–Crippen LogP) is 4.83. The quantitative estimate of drug-likeness (QED) is 0.647. The van der Waals surface area contributed by atoms with Gasteiger partial charge in [0.2, 0.25) is 5.91 Å². The highest BCUT2D eigenvalue weighted by atomic mass is 16.2. The van der Waals surface area contributed by atoms with Gasteiger partial charge in [0, 0.05) is 11.6 Å². The number of nitrogens with zero attached hydrogens (tertiary/aromatic N) is 1. The summed E-state index contributed by atoms with van der Waals surface area (Å²) in [5.74, 6) is 1.10. The molecule has 0 N–H and O–H groups in total. The second kappa shape index (κ2) is 5.32. The molecule has 1 aliphatic heterocycles. The Balaban J connectivity index is 1.48. The number of hydrogen-bond acceptors (Lipinski definition) is 1. The summed E-state index contributed by atoms with van der Waals surface area (Å²) >= 11 is 0. The van der Waals surface area contributed by atoms with E-state index in [1.54, 1.807) is 0 Å². The van der Waals surface area contributed by atoms with Crippen molar-refractivity contribution in [1.82, 2.24) is 0 Å². The SMILES string of the molecule is O=C1N(Cc2ccccc2)c2ccccc2[C@@]12[C@@H]1c3ccccc3CC[C@@H]12. The lowest BCUT2D eigenvalue weighted by atomic mass is 9.90. The zero-order chi connectivity index (χ0) is 18.0. The summed E-state index contributed by atoms with van der Waals surface area (Å²) in [6.07, 6.45) is 2.20. The molecule has 1 fully saturated rings. The average Bonchev–Trinajstić information content (AvgIpc) is 3.36. The molecule has 2 nitrogen and oxygen atoms in total. The first-order valence-corrected chi connectivity index (χ1v) is 9.85. The first kappa shape index (κ1) is 15.2. The van der Waals surface area contributed by atoms with E-state index in [1.807, 2.05) is 23.1 Å². The lowest BCUT2D eigenvalue weighted by Crippen LogP contribution is -2.33. The van der Waals surface area contributed by atoms with E-state index in [9.17, 15) is 4.79 Å². The van der Waals surface area contributed by atoms with Gasteiger partial charge >= 0.3 is 0 Å². The Morgan fingerprint density at radius 2 is 1.63 bits per heavy atom. The van der Waals surface area contributed by atoms with Crippen molar-refractivity contribution in [3.8, 4) is 0 Å². The van der Waals surface area contributed by atoms with Crippen molar-refractivity contribution in [3.05, 3.63) is 101 Å². The van der Waals surface area contributed by atoms with E-state index < -0.39 is 0 Å². The van der Waals surface area contributed by atoms with Gasteiger partial charge in [-0.2, -0.15) is 0 Å². The van der Waals surface area contributed by atoms with Crippen molar-refractivity contribution in [1.29, 1.82) is 0 Å². The molecular weight excluding hydrogens is 330 g/mol. The molecule has 1 heterocycles. The number of carbonyl (C=O) groups is 1. The second-order valence-corrected chi connectivity index (χ2v) is 8.08. The molecule has 132 valence electrons. The number of hydrogen-bond donors (Lipinski definition) is 0. The lowest BCUT2D eigenvalue weighted by molar-refractivity contribution is -0.120. The van der Waals surface area contributed by atoms with E-state index in [2.05, 4.69) is 60.7 Å². The maximum atomic E-state index is 13.9. The number of fused-ring (bicyclic) bond motifs is 7. The molecule has 27 heavy (non-hydrogen) atoms. The number of aryl methyl sites for hydroxylation is 1. The number of amides is 1. The van der Waals surface area contributed by atoms with E-state index in [-0.39, 0.29) is 5.41 Å². The number of benzene rings is 3. The summed E-state index contributed by atoms with van der Waals surface area (Å²) in [7, 11) is 0. The fraction of sp³-hybridized carbons (Fsp3) is 0.240. The minimum Gasteiger partial charge on any atom is -0.307 e. The van der Waals surface area contributed by atoms with Crippen molar-refractivity contribution < 1.29 is 4.79 Å². The molecule has 3 aromatic rings. The highest BCUT2D eigenvalue weighted by molar-refractivity contribution is 6.12. The van der Waals surface area contributed by atoms with Gasteiger partial charge < -0.3 is 4.90 Å². The third-order valence-electron chi connectivity index (χ3n) is 6.91. The third-order valence-corrected chi connectivity index (χ3v) is 6.91. The summed E-state index contributed by atoms with van der Waals surface area (Å²) in [6, 6.07) is 27.5. The molecule has 2 aliphatic carbocycles. The molecule has 3 aromatic carbocycles. The smallest absolute Gasteiger partial charge is 0.238 e. The monoisotopic (exact) mass is 351 g/mol. The Morgan fingerprint density at radius 3 is 2.52 bits per heavy atom. The van der Waals surface area contributed by atoms with Crippen LogP contribution in [-0.2, 0) is 23.2 Å². The maximum Gasteiger partial charge on any atom is 0.238 e. The van der Waals surface area contributed by atoms with E-state index in [4.69, 9.17) is 0 Å². The van der Waals surface area contributed by atoms with Gasteiger partial charge in [0.05, 0.1) is 12.0 Å². The molecule has 1 amide bonds. The normalized spacial score (nSPS) is 27.3. The maximum absolute atomic E-state index is 13.9. The summed E-state index contributed by atoms with van der Waals surface area (Å²) in [5.41, 5.74) is 6.04. The van der Waals surface area contributed by atoms with Crippen LogP contribution < -0.4 is 4.90 Å². The van der Waals surface area contributed by atoms with Crippen LogP contribution in [0.3, 0.4) is 0 Å². The molecule has 0 saturated heterocycles. The summed E-state index contributed by atoms with van der Waals surface area (Å²) in [6.45, 7) is 0.652. The third kappa shape index (κ3) is 1.88. The molecule has 0 aromatic heterocycles.